The summed E-state index contributed by atoms with van der Waals surface area (Å²) in [5.41, 5.74) is -0.164. The molecule has 2 rings (SSSR count). The van der Waals surface area contributed by atoms with Gasteiger partial charge in [0.25, 0.3) is 15.7 Å². The van der Waals surface area contributed by atoms with E-state index in [1.807, 2.05) is 0 Å². The monoisotopic (exact) mass is 314 g/mol. The molecule has 0 unspecified atom stereocenters. The van der Waals surface area contributed by atoms with E-state index in [1.54, 1.807) is 0 Å². The smallest absolute Gasteiger partial charge is 0.274 e. The summed E-state index contributed by atoms with van der Waals surface area (Å²) >= 11 is 0. The van der Waals surface area contributed by atoms with Gasteiger partial charge in [-0.05, 0) is 19.1 Å². The molecule has 1 aromatic heterocycles. The lowest BCUT2D eigenvalue weighted by atomic mass is 10.1. The van der Waals surface area contributed by atoms with Gasteiger partial charge in [0, 0.05) is 12.3 Å². The van der Waals surface area contributed by atoms with Gasteiger partial charge in [-0.15, -0.1) is 0 Å². The van der Waals surface area contributed by atoms with Gasteiger partial charge >= 0.3 is 0 Å². The topological polar surface area (TPSA) is 121 Å². The van der Waals surface area contributed by atoms with E-state index in [1.165, 1.54) is 11.5 Å². The second-order valence-corrected chi connectivity index (χ2v) is 5.84. The number of nitrogens with zero attached hydrogens (tertiary/aromatic N) is 3. The van der Waals surface area contributed by atoms with Gasteiger partial charge in [0.15, 0.2) is 5.03 Å². The molecule has 1 heterocycles. The second-order valence-electron chi connectivity index (χ2n) is 4.33. The molecule has 0 fully saturated rings. The van der Waals surface area contributed by atoms with Crippen LogP contribution in [0.15, 0.2) is 29.4 Å². The fourth-order valence-corrected chi connectivity index (χ4v) is 2.35. The zero-order valence-corrected chi connectivity index (χ0v) is 11.7. The van der Waals surface area contributed by atoms with Crippen LogP contribution in [-0.4, -0.2) is 22.9 Å². The number of aromatic nitrogens is 2. The van der Waals surface area contributed by atoms with Gasteiger partial charge in [-0.1, -0.05) is 0 Å². The van der Waals surface area contributed by atoms with Crippen molar-refractivity contribution in [1.82, 2.24) is 9.55 Å². The van der Waals surface area contributed by atoms with E-state index in [9.17, 15) is 22.9 Å². The molecule has 0 aliphatic heterocycles. The molecule has 0 amide bonds. The van der Waals surface area contributed by atoms with Crippen molar-refractivity contribution >= 4 is 15.7 Å². The highest BCUT2D eigenvalue weighted by molar-refractivity contribution is 7.89. The molecule has 8 nitrogen and oxygen atoms in total. The lowest BCUT2D eigenvalue weighted by Gasteiger charge is -2.06. The van der Waals surface area contributed by atoms with Crippen LogP contribution in [0.3, 0.4) is 0 Å². The Balaban J connectivity index is 2.46. The second kappa shape index (κ2) is 5.22. The van der Waals surface area contributed by atoms with Gasteiger partial charge in [-0.3, -0.25) is 10.1 Å². The van der Waals surface area contributed by atoms with Crippen LogP contribution in [0.1, 0.15) is 11.4 Å². The number of benzene rings is 1. The maximum atomic E-state index is 13.2. The van der Waals surface area contributed by atoms with Crippen LogP contribution >= 0.6 is 0 Å². The lowest BCUT2D eigenvalue weighted by Crippen LogP contribution is -2.12. The van der Waals surface area contributed by atoms with E-state index in [0.29, 0.717) is 0 Å². The van der Waals surface area contributed by atoms with E-state index < -0.39 is 20.8 Å². The molecule has 0 atom stereocenters. The lowest BCUT2D eigenvalue weighted by molar-refractivity contribution is -0.385. The van der Waals surface area contributed by atoms with Crippen molar-refractivity contribution in [2.45, 2.75) is 18.5 Å². The number of hydrogen-bond donors (Lipinski definition) is 1. The Bertz CT molecular complexity index is 816. The fraction of sp³-hybridized carbons (Fsp3) is 0.182. The number of aryl methyl sites for hydroxylation is 1. The van der Waals surface area contributed by atoms with E-state index in [4.69, 9.17) is 5.14 Å². The van der Waals surface area contributed by atoms with Crippen LogP contribution in [0, 0.1) is 22.9 Å². The van der Waals surface area contributed by atoms with Gasteiger partial charge in [-0.25, -0.2) is 22.9 Å². The molecule has 0 saturated heterocycles. The summed E-state index contributed by atoms with van der Waals surface area (Å²) in [6, 6.07) is 3.06. The Kier molecular flexibility index (Phi) is 3.75. The number of nitro groups is 1. The van der Waals surface area contributed by atoms with Gasteiger partial charge in [0.2, 0.25) is 0 Å². The van der Waals surface area contributed by atoms with Crippen LogP contribution in [-0.2, 0) is 16.6 Å². The number of rotatable bonds is 4. The van der Waals surface area contributed by atoms with Crippen molar-refractivity contribution in [3.05, 3.63) is 51.7 Å². The first-order valence-electron chi connectivity index (χ1n) is 5.68. The number of nitrogens with two attached hydrogens (primary N) is 1. The zero-order chi connectivity index (χ0) is 15.8. The van der Waals surface area contributed by atoms with E-state index in [-0.39, 0.29) is 28.6 Å². The van der Waals surface area contributed by atoms with Crippen molar-refractivity contribution in [3.63, 3.8) is 0 Å². The molecular formula is C11H11FN4O4S. The standard InChI is InChI=1S/C11H11FN4O4S/c1-7-14-11(21(13,19)20)6-15(7)5-8-4-9(12)2-3-10(8)16(17)18/h2-4,6H,5H2,1H3,(H2,13,19,20). The Morgan fingerprint density at radius 3 is 2.67 bits per heavy atom. The third kappa shape index (κ3) is 3.23. The number of sulfonamides is 1. The molecule has 2 aromatic rings. The van der Waals surface area contributed by atoms with Crippen LogP contribution in [0.4, 0.5) is 10.1 Å². The normalized spacial score (nSPS) is 11.6. The predicted octanol–water partition coefficient (Wildman–Crippen LogP) is 0.935. The van der Waals surface area contributed by atoms with Gasteiger partial charge in [0.05, 0.1) is 17.0 Å². The molecule has 0 saturated carbocycles. The Hall–Kier alpha value is -2.33. The van der Waals surface area contributed by atoms with Crippen molar-refractivity contribution in [1.29, 1.82) is 0 Å². The molecule has 2 N–H and O–H groups in total. The van der Waals surface area contributed by atoms with Crippen molar-refractivity contribution in [2.24, 2.45) is 5.14 Å². The summed E-state index contributed by atoms with van der Waals surface area (Å²) in [5.74, 6) is -0.336. The summed E-state index contributed by atoms with van der Waals surface area (Å²) in [7, 11) is -3.97. The molecule has 21 heavy (non-hydrogen) atoms. The summed E-state index contributed by atoms with van der Waals surface area (Å²) in [4.78, 5) is 14.0. The fourth-order valence-electron chi connectivity index (χ4n) is 1.82. The maximum Gasteiger partial charge on any atom is 0.274 e. The van der Waals surface area contributed by atoms with Gasteiger partial charge < -0.3 is 4.57 Å². The Morgan fingerprint density at radius 2 is 2.14 bits per heavy atom. The molecule has 0 aliphatic rings. The van der Waals surface area contributed by atoms with Crippen molar-refractivity contribution in [3.8, 4) is 0 Å². The van der Waals surface area contributed by atoms with Crippen molar-refractivity contribution in [2.75, 3.05) is 0 Å². The van der Waals surface area contributed by atoms with E-state index in [0.717, 1.165) is 24.4 Å². The van der Waals surface area contributed by atoms with E-state index >= 15 is 0 Å². The molecule has 112 valence electrons. The number of imidazole rings is 1. The Morgan fingerprint density at radius 1 is 1.48 bits per heavy atom. The van der Waals surface area contributed by atoms with Crippen LogP contribution in [0.25, 0.3) is 0 Å². The quantitative estimate of drug-likeness (QED) is 0.664. The number of nitro benzene ring substituents is 1. The summed E-state index contributed by atoms with van der Waals surface area (Å²) in [6.45, 7) is 1.42. The number of hydrogen-bond acceptors (Lipinski definition) is 5. The minimum atomic E-state index is -3.97. The number of primary sulfonamides is 1. The summed E-state index contributed by atoms with van der Waals surface area (Å²) in [6.07, 6.45) is 1.15. The molecule has 10 heteroatoms. The molecule has 0 spiro atoms. The van der Waals surface area contributed by atoms with Gasteiger partial charge in [0.1, 0.15) is 11.6 Å². The highest BCUT2D eigenvalue weighted by Gasteiger charge is 2.18. The highest BCUT2D eigenvalue weighted by atomic mass is 32.2. The van der Waals surface area contributed by atoms with Crippen LogP contribution in [0.2, 0.25) is 0 Å². The molecule has 0 aliphatic carbocycles. The first-order chi connectivity index (χ1) is 9.68. The van der Waals surface area contributed by atoms with Crippen molar-refractivity contribution < 1.29 is 17.7 Å². The summed E-state index contributed by atoms with van der Waals surface area (Å²) in [5, 5.41) is 15.5. The molecular weight excluding hydrogens is 303 g/mol. The third-order valence-corrected chi connectivity index (χ3v) is 3.60. The third-order valence-electron chi connectivity index (χ3n) is 2.82. The summed E-state index contributed by atoms with van der Waals surface area (Å²) < 4.78 is 37.0. The van der Waals surface area contributed by atoms with Crippen LogP contribution < -0.4 is 5.14 Å². The molecule has 0 bridgehead atoms. The first-order valence-corrected chi connectivity index (χ1v) is 7.22. The minimum Gasteiger partial charge on any atom is -0.329 e. The maximum absolute atomic E-state index is 13.2. The zero-order valence-electron chi connectivity index (χ0n) is 10.9. The number of halogens is 1. The molecule has 1 aromatic carbocycles. The largest absolute Gasteiger partial charge is 0.329 e. The molecule has 0 radical (unpaired) electrons. The SMILES string of the molecule is Cc1nc(S(N)(=O)=O)cn1Cc1cc(F)ccc1[N+](=O)[O-]. The Labute approximate surface area is 119 Å². The van der Waals surface area contributed by atoms with Crippen LogP contribution in [0.5, 0.6) is 0 Å². The predicted molar refractivity (Wildman–Crippen MR) is 70.5 cm³/mol. The minimum absolute atomic E-state index is 0.0948. The highest BCUT2D eigenvalue weighted by Crippen LogP contribution is 2.21. The first kappa shape index (κ1) is 15.1. The average Bonchev–Trinajstić information content (AvgIpc) is 2.70. The average molecular weight is 314 g/mol. The van der Waals surface area contributed by atoms with Gasteiger partial charge in [-0.2, -0.15) is 0 Å². The van der Waals surface area contributed by atoms with E-state index in [2.05, 4.69) is 4.98 Å².